The Morgan fingerprint density at radius 2 is 1.66 bits per heavy atom. The minimum absolute atomic E-state index is 0.0237. The first-order valence-corrected chi connectivity index (χ1v) is 12.8. The van der Waals surface area contributed by atoms with Gasteiger partial charge in [0.2, 0.25) is 0 Å². The molecule has 0 N–H and O–H groups in total. The highest BCUT2D eigenvalue weighted by atomic mass is 35.5. The fourth-order valence-electron chi connectivity index (χ4n) is 3.59. The molecule has 0 aliphatic carbocycles. The van der Waals surface area contributed by atoms with E-state index in [9.17, 15) is 9.59 Å². The molecule has 35 heavy (non-hydrogen) atoms. The molecule has 0 fully saturated rings. The number of aldehydes is 1. The van der Waals surface area contributed by atoms with Crippen LogP contribution in [0.25, 0.3) is 6.08 Å². The summed E-state index contributed by atoms with van der Waals surface area (Å²) in [5.74, 6) is 0.104. The number of benzene rings is 1. The zero-order valence-electron chi connectivity index (χ0n) is 23.1. The summed E-state index contributed by atoms with van der Waals surface area (Å²) in [4.78, 5) is 31.4. The first-order chi connectivity index (χ1) is 16.7. The third-order valence-electron chi connectivity index (χ3n) is 5.32. The van der Waals surface area contributed by atoms with Gasteiger partial charge in [0.05, 0.1) is 5.02 Å². The number of nitrogens with zero attached hydrogens (tertiary/aromatic N) is 3. The van der Waals surface area contributed by atoms with Crippen LogP contribution in [0.15, 0.2) is 42.1 Å². The Labute approximate surface area is 218 Å². The van der Waals surface area contributed by atoms with Gasteiger partial charge in [-0.3, -0.25) is 9.78 Å². The van der Waals surface area contributed by atoms with Crippen LogP contribution in [-0.4, -0.2) is 61.2 Å². The van der Waals surface area contributed by atoms with E-state index in [1.165, 1.54) is 5.57 Å². The van der Waals surface area contributed by atoms with Gasteiger partial charge in [-0.05, 0) is 63.5 Å². The van der Waals surface area contributed by atoms with E-state index >= 15 is 0 Å². The molecule has 1 atom stereocenters. The molecule has 1 amide bonds. The molecule has 0 saturated carbocycles. The van der Waals surface area contributed by atoms with Crippen LogP contribution in [0.4, 0.5) is 0 Å². The maximum absolute atomic E-state index is 12.1. The van der Waals surface area contributed by atoms with Gasteiger partial charge in [-0.1, -0.05) is 63.1 Å². The van der Waals surface area contributed by atoms with Crippen LogP contribution in [0.2, 0.25) is 5.02 Å². The minimum Gasteiger partial charge on any atom is -0.345 e. The number of likely N-dealkylation sites (N-methyl/N-ethyl adjacent to an activating group) is 1. The summed E-state index contributed by atoms with van der Waals surface area (Å²) >= 11 is 6.31. The molecule has 0 radical (unpaired) electrons. The number of pyridine rings is 1. The summed E-state index contributed by atoms with van der Waals surface area (Å²) in [5.41, 5.74) is 4.80. The molecule has 0 spiro atoms. The molecular formula is C29H44ClN3O2. The van der Waals surface area contributed by atoms with Crippen molar-refractivity contribution in [3.63, 3.8) is 0 Å². The molecule has 6 heteroatoms. The van der Waals surface area contributed by atoms with Gasteiger partial charge in [0, 0.05) is 50.1 Å². The average molecular weight is 502 g/mol. The molecule has 0 bridgehead atoms. The summed E-state index contributed by atoms with van der Waals surface area (Å²) in [6.45, 7) is 13.7. The summed E-state index contributed by atoms with van der Waals surface area (Å²) in [6.07, 6.45) is 6.10. The minimum atomic E-state index is -0.0237. The van der Waals surface area contributed by atoms with Crippen LogP contribution >= 0.6 is 11.6 Å². The molecule has 1 aromatic carbocycles. The van der Waals surface area contributed by atoms with Gasteiger partial charge < -0.3 is 14.6 Å². The number of rotatable bonds is 10. The third kappa shape index (κ3) is 11.2. The number of hydrogen-bond acceptors (Lipinski definition) is 4. The second-order valence-electron chi connectivity index (χ2n) is 8.23. The summed E-state index contributed by atoms with van der Waals surface area (Å²) in [5, 5.41) is 0.705. The van der Waals surface area contributed by atoms with Crippen LogP contribution in [0.3, 0.4) is 0 Å². The van der Waals surface area contributed by atoms with Crippen molar-refractivity contribution in [2.24, 2.45) is 0 Å². The van der Waals surface area contributed by atoms with E-state index in [-0.39, 0.29) is 11.8 Å². The van der Waals surface area contributed by atoms with E-state index < -0.39 is 0 Å². The Kier molecular flexibility index (Phi) is 16.6. The summed E-state index contributed by atoms with van der Waals surface area (Å²) in [6, 6.07) is 9.41. The Bertz CT molecular complexity index is 904. The normalized spacial score (nSPS) is 11.6. The number of hydrogen-bond donors (Lipinski definition) is 0. The largest absolute Gasteiger partial charge is 0.345 e. The number of aryl methyl sites for hydroxylation is 1. The number of carbonyl (C=O) groups is 2. The lowest BCUT2D eigenvalue weighted by Crippen LogP contribution is -2.23. The van der Waals surface area contributed by atoms with E-state index in [1.807, 2.05) is 58.9 Å². The maximum Gasteiger partial charge on any atom is 0.253 e. The molecule has 0 aliphatic rings. The molecular weight excluding hydrogens is 458 g/mol. The maximum atomic E-state index is 12.1. The van der Waals surface area contributed by atoms with Gasteiger partial charge >= 0.3 is 0 Å². The smallest absolute Gasteiger partial charge is 0.253 e. The second kappa shape index (κ2) is 17.9. The van der Waals surface area contributed by atoms with Gasteiger partial charge in [-0.15, -0.1) is 0 Å². The highest BCUT2D eigenvalue weighted by Crippen LogP contribution is 2.24. The van der Waals surface area contributed by atoms with Crippen LogP contribution in [-0.2, 0) is 4.79 Å². The average Bonchev–Trinajstić information content (AvgIpc) is 2.86. The standard InChI is InChI=1S/C25H32ClN3O2.2C2H6/c1-18(16-23-19(2)27-13-10-24(23)26)17-29(5)14-11-21(12-15-30)20-6-8-22(9-7-20)25(31)28(3)4;2*1-2/h6-10,13,15-16,21H,11-12,14,17H2,1-5H3;2*1-2H3/b18-16+;;. The lowest BCUT2D eigenvalue weighted by molar-refractivity contribution is -0.108. The van der Waals surface area contributed by atoms with Crippen LogP contribution in [0, 0.1) is 6.92 Å². The highest BCUT2D eigenvalue weighted by molar-refractivity contribution is 6.32. The molecule has 1 aromatic heterocycles. The van der Waals surface area contributed by atoms with Crippen molar-refractivity contribution in [2.45, 2.75) is 60.3 Å². The number of aromatic nitrogens is 1. The summed E-state index contributed by atoms with van der Waals surface area (Å²) < 4.78 is 0. The molecule has 0 saturated heterocycles. The monoisotopic (exact) mass is 501 g/mol. The van der Waals surface area contributed by atoms with Gasteiger partial charge in [0.15, 0.2) is 0 Å². The van der Waals surface area contributed by atoms with Gasteiger partial charge in [-0.2, -0.15) is 0 Å². The molecule has 2 rings (SSSR count). The first-order valence-electron chi connectivity index (χ1n) is 12.4. The van der Waals surface area contributed by atoms with Gasteiger partial charge in [-0.25, -0.2) is 0 Å². The molecule has 5 nitrogen and oxygen atoms in total. The summed E-state index contributed by atoms with van der Waals surface area (Å²) in [7, 11) is 5.55. The van der Waals surface area contributed by atoms with Crippen molar-refractivity contribution in [2.75, 3.05) is 34.2 Å². The Hall–Kier alpha value is -2.50. The predicted molar refractivity (Wildman–Crippen MR) is 150 cm³/mol. The van der Waals surface area contributed by atoms with Crippen molar-refractivity contribution in [3.05, 3.63) is 69.5 Å². The van der Waals surface area contributed by atoms with Crippen LogP contribution in [0.1, 0.15) is 80.6 Å². The Morgan fingerprint density at radius 1 is 1.06 bits per heavy atom. The zero-order chi connectivity index (χ0) is 27.0. The van der Waals surface area contributed by atoms with Crippen molar-refractivity contribution < 1.29 is 9.59 Å². The van der Waals surface area contributed by atoms with Crippen molar-refractivity contribution in [3.8, 4) is 0 Å². The van der Waals surface area contributed by atoms with E-state index in [0.29, 0.717) is 17.0 Å². The van der Waals surface area contributed by atoms with Crippen molar-refractivity contribution in [1.29, 1.82) is 0 Å². The molecule has 194 valence electrons. The molecule has 0 aliphatic heterocycles. The predicted octanol–water partition coefficient (Wildman–Crippen LogP) is 6.90. The topological polar surface area (TPSA) is 53.5 Å². The number of carbonyl (C=O) groups excluding carboxylic acids is 2. The van der Waals surface area contributed by atoms with E-state index in [2.05, 4.69) is 29.9 Å². The van der Waals surface area contributed by atoms with E-state index in [1.54, 1.807) is 31.3 Å². The lowest BCUT2D eigenvalue weighted by atomic mass is 9.92. The molecule has 1 heterocycles. The first kappa shape index (κ1) is 32.5. The fourth-order valence-corrected chi connectivity index (χ4v) is 3.83. The van der Waals surface area contributed by atoms with E-state index in [0.717, 1.165) is 42.6 Å². The van der Waals surface area contributed by atoms with Gasteiger partial charge in [0.25, 0.3) is 5.91 Å². The van der Waals surface area contributed by atoms with Crippen LogP contribution < -0.4 is 0 Å². The zero-order valence-corrected chi connectivity index (χ0v) is 23.8. The number of halogens is 1. The van der Waals surface area contributed by atoms with Crippen molar-refractivity contribution >= 4 is 29.9 Å². The highest BCUT2D eigenvalue weighted by Gasteiger charge is 2.15. The third-order valence-corrected chi connectivity index (χ3v) is 5.65. The Morgan fingerprint density at radius 3 is 2.17 bits per heavy atom. The Balaban J connectivity index is 0.00000274. The van der Waals surface area contributed by atoms with Crippen molar-refractivity contribution in [1.82, 2.24) is 14.8 Å². The molecule has 1 unspecified atom stereocenters. The second-order valence-corrected chi connectivity index (χ2v) is 8.64. The number of amides is 1. The quantitative estimate of drug-likeness (QED) is 0.332. The van der Waals surface area contributed by atoms with E-state index in [4.69, 9.17) is 11.6 Å². The van der Waals surface area contributed by atoms with Gasteiger partial charge in [0.1, 0.15) is 6.29 Å². The lowest BCUT2D eigenvalue weighted by Gasteiger charge is -2.22. The molecule has 2 aromatic rings. The SMILES string of the molecule is C/C(=C\c1c(Cl)ccnc1C)CN(C)CCC(CC=O)c1ccc(C(=O)N(C)C)cc1.CC.CC. The fraction of sp³-hybridized carbons (Fsp3) is 0.483. The van der Waals surface area contributed by atoms with Crippen LogP contribution in [0.5, 0.6) is 0 Å².